The third-order valence-corrected chi connectivity index (χ3v) is 3.64. The summed E-state index contributed by atoms with van der Waals surface area (Å²) in [4.78, 5) is 36.5. The number of nitro groups is 2. The highest BCUT2D eigenvalue weighted by atomic mass is 16.6. The van der Waals surface area contributed by atoms with Crippen molar-refractivity contribution in [2.24, 2.45) is 15.2 Å². The molecule has 0 aliphatic heterocycles. The Kier molecular flexibility index (Phi) is 6.22. The van der Waals surface area contributed by atoms with Crippen LogP contribution in [0.25, 0.3) is 0 Å². The van der Waals surface area contributed by atoms with Crippen molar-refractivity contribution in [3.05, 3.63) is 67.8 Å². The predicted octanol–water partition coefficient (Wildman–Crippen LogP) is 4.11. The zero-order chi connectivity index (χ0) is 20.8. The lowest BCUT2D eigenvalue weighted by molar-refractivity contribution is -0.393. The molecule has 0 radical (unpaired) electrons. The summed E-state index contributed by atoms with van der Waals surface area (Å²) < 4.78 is 4.63. The second-order valence-corrected chi connectivity index (χ2v) is 5.55. The third kappa shape index (κ3) is 4.58. The molecule has 0 fully saturated rings. The highest BCUT2D eigenvalue weighted by Crippen LogP contribution is 2.31. The number of ether oxygens (including phenoxy) is 1. The molecule has 0 atom stereocenters. The number of methoxy groups -OCH3 is 1. The van der Waals surface area contributed by atoms with Crippen LogP contribution in [0.5, 0.6) is 0 Å². The summed E-state index contributed by atoms with van der Waals surface area (Å²) in [6, 6.07) is 8.27. The van der Waals surface area contributed by atoms with Crippen molar-refractivity contribution >= 4 is 34.6 Å². The summed E-state index contributed by atoms with van der Waals surface area (Å²) in [6.07, 6.45) is 0. The number of benzene rings is 2. The first-order valence-corrected chi connectivity index (χ1v) is 7.82. The van der Waals surface area contributed by atoms with Gasteiger partial charge in [0.2, 0.25) is 0 Å². The smallest absolute Gasteiger partial charge is 0.378 e. The Hall–Kier alpha value is -4.02. The van der Waals surface area contributed by atoms with Crippen LogP contribution in [0.1, 0.15) is 11.1 Å². The fraction of sp³-hybridized carbons (Fsp3) is 0.176. The molecule has 0 spiro atoms. The molecule has 0 N–H and O–H groups in total. The molecule has 0 saturated heterocycles. The highest BCUT2D eigenvalue weighted by Gasteiger charge is 2.20. The first kappa shape index (κ1) is 20.3. The normalized spacial score (nSPS) is 11.5. The van der Waals surface area contributed by atoms with Crippen LogP contribution in [-0.4, -0.2) is 28.8 Å². The minimum atomic E-state index is -0.893. The second kappa shape index (κ2) is 8.58. The summed E-state index contributed by atoms with van der Waals surface area (Å²) in [5.41, 5.74) is 0.668. The monoisotopic (exact) mass is 385 g/mol. The van der Waals surface area contributed by atoms with Crippen LogP contribution in [0.2, 0.25) is 0 Å². The van der Waals surface area contributed by atoms with E-state index in [0.717, 1.165) is 36.4 Å². The number of carbonyl (C=O) groups excluding carboxylic acids is 1. The molecule has 0 unspecified atom stereocenters. The average molecular weight is 385 g/mol. The molecule has 2 rings (SSSR count). The van der Waals surface area contributed by atoms with E-state index in [4.69, 9.17) is 0 Å². The predicted molar refractivity (Wildman–Crippen MR) is 99.3 cm³/mol. The van der Waals surface area contributed by atoms with Gasteiger partial charge in [-0.2, -0.15) is 0 Å². The SMILES string of the molecule is COC(=O)C(N=Nc1ccc([N+](=O)[O-])cc1[N+](=O)[O-])=Nc1c(C)cccc1C. The molecule has 0 bridgehead atoms. The molecule has 0 aliphatic rings. The Bertz CT molecular complexity index is 995. The van der Waals surface area contributed by atoms with Gasteiger partial charge in [0.05, 0.1) is 28.7 Å². The molecular weight excluding hydrogens is 370 g/mol. The molecular formula is C17H15N5O6. The number of nitrogens with zero attached hydrogens (tertiary/aromatic N) is 5. The number of carbonyl (C=O) groups is 1. The average Bonchev–Trinajstić information content (AvgIpc) is 2.66. The van der Waals surface area contributed by atoms with Crippen LogP contribution in [0.3, 0.4) is 0 Å². The Morgan fingerprint density at radius 3 is 2.21 bits per heavy atom. The van der Waals surface area contributed by atoms with Gasteiger partial charge in [-0.05, 0) is 31.0 Å². The van der Waals surface area contributed by atoms with Gasteiger partial charge >= 0.3 is 11.7 Å². The lowest BCUT2D eigenvalue weighted by atomic mass is 10.1. The van der Waals surface area contributed by atoms with Gasteiger partial charge in [0.25, 0.3) is 11.5 Å². The largest absolute Gasteiger partial charge is 0.463 e. The molecule has 0 heterocycles. The molecule has 0 aliphatic carbocycles. The van der Waals surface area contributed by atoms with Gasteiger partial charge in [-0.3, -0.25) is 20.2 Å². The Labute approximate surface area is 158 Å². The van der Waals surface area contributed by atoms with E-state index in [9.17, 15) is 25.0 Å². The van der Waals surface area contributed by atoms with E-state index in [0.29, 0.717) is 5.69 Å². The van der Waals surface area contributed by atoms with E-state index in [2.05, 4.69) is 20.0 Å². The van der Waals surface area contributed by atoms with Crippen molar-refractivity contribution in [2.75, 3.05) is 7.11 Å². The fourth-order valence-corrected chi connectivity index (χ4v) is 2.25. The number of aliphatic imine (C=N–C) groups is 1. The van der Waals surface area contributed by atoms with Gasteiger partial charge in [0, 0.05) is 6.07 Å². The zero-order valence-corrected chi connectivity index (χ0v) is 15.1. The summed E-state index contributed by atoms with van der Waals surface area (Å²) in [6.45, 7) is 3.58. The van der Waals surface area contributed by atoms with E-state index >= 15 is 0 Å². The quantitative estimate of drug-likeness (QED) is 0.193. The summed E-state index contributed by atoms with van der Waals surface area (Å²) in [5, 5.41) is 29.3. The van der Waals surface area contributed by atoms with Crippen LogP contribution < -0.4 is 0 Å². The van der Waals surface area contributed by atoms with Gasteiger partial charge in [-0.25, -0.2) is 9.79 Å². The third-order valence-electron chi connectivity index (χ3n) is 3.64. The van der Waals surface area contributed by atoms with Crippen LogP contribution in [0.4, 0.5) is 22.7 Å². The van der Waals surface area contributed by atoms with E-state index < -0.39 is 33.0 Å². The lowest BCUT2D eigenvalue weighted by Gasteiger charge is -2.05. The van der Waals surface area contributed by atoms with Crippen LogP contribution in [-0.2, 0) is 9.53 Å². The maximum absolute atomic E-state index is 12.0. The summed E-state index contributed by atoms with van der Waals surface area (Å²) in [5.74, 6) is -1.32. The van der Waals surface area contributed by atoms with E-state index in [-0.39, 0.29) is 5.69 Å². The maximum Gasteiger partial charge on any atom is 0.378 e. The molecule has 2 aromatic carbocycles. The molecule has 0 saturated carbocycles. The molecule has 0 amide bonds. The topological polar surface area (TPSA) is 150 Å². The molecule has 28 heavy (non-hydrogen) atoms. The van der Waals surface area contributed by atoms with Crippen molar-refractivity contribution in [3.8, 4) is 0 Å². The fourth-order valence-electron chi connectivity index (χ4n) is 2.25. The van der Waals surface area contributed by atoms with E-state index in [1.165, 1.54) is 0 Å². The number of aryl methyl sites for hydroxylation is 2. The van der Waals surface area contributed by atoms with E-state index in [1.807, 2.05) is 6.07 Å². The number of esters is 1. The van der Waals surface area contributed by atoms with Crippen molar-refractivity contribution < 1.29 is 19.4 Å². The number of azo groups is 1. The van der Waals surface area contributed by atoms with Crippen LogP contribution in [0, 0.1) is 34.1 Å². The van der Waals surface area contributed by atoms with Gasteiger partial charge in [-0.15, -0.1) is 10.2 Å². The zero-order valence-electron chi connectivity index (χ0n) is 15.1. The van der Waals surface area contributed by atoms with Crippen molar-refractivity contribution in [2.45, 2.75) is 13.8 Å². The Morgan fingerprint density at radius 2 is 1.68 bits per heavy atom. The standard InChI is InChI=1S/C17H15N5O6/c1-10-5-4-6-11(2)15(10)18-16(17(23)28-3)20-19-13-8-7-12(21(24)25)9-14(13)22(26)27/h4-9H,1-3H3. The summed E-state index contributed by atoms with van der Waals surface area (Å²) in [7, 11) is 1.13. The first-order chi connectivity index (χ1) is 13.2. The van der Waals surface area contributed by atoms with Gasteiger partial charge < -0.3 is 4.74 Å². The molecule has 144 valence electrons. The number of hydrogen-bond acceptors (Lipinski definition) is 8. The number of non-ortho nitro benzene ring substituents is 1. The lowest BCUT2D eigenvalue weighted by Crippen LogP contribution is -2.13. The maximum atomic E-state index is 12.0. The number of para-hydroxylation sites is 1. The van der Waals surface area contributed by atoms with Gasteiger partial charge in [0.1, 0.15) is 0 Å². The molecule has 2 aromatic rings. The van der Waals surface area contributed by atoms with Gasteiger partial charge in [0.15, 0.2) is 5.69 Å². The number of rotatable bonds is 4. The van der Waals surface area contributed by atoms with Crippen LogP contribution >= 0.6 is 0 Å². The van der Waals surface area contributed by atoms with Gasteiger partial charge in [-0.1, -0.05) is 18.2 Å². The van der Waals surface area contributed by atoms with Crippen molar-refractivity contribution in [1.82, 2.24) is 0 Å². The highest BCUT2D eigenvalue weighted by molar-refractivity contribution is 6.36. The van der Waals surface area contributed by atoms with Crippen LogP contribution in [0.15, 0.2) is 51.6 Å². The van der Waals surface area contributed by atoms with Crippen molar-refractivity contribution in [1.29, 1.82) is 0 Å². The first-order valence-electron chi connectivity index (χ1n) is 7.82. The number of nitro benzene ring substituents is 2. The minimum Gasteiger partial charge on any atom is -0.463 e. The summed E-state index contributed by atoms with van der Waals surface area (Å²) >= 11 is 0. The number of amidine groups is 1. The Balaban J connectivity index is 2.53. The van der Waals surface area contributed by atoms with E-state index in [1.54, 1.807) is 26.0 Å². The molecule has 11 heteroatoms. The number of hydrogen-bond donors (Lipinski definition) is 0. The Morgan fingerprint density at radius 1 is 1.04 bits per heavy atom. The minimum absolute atomic E-state index is 0.270. The van der Waals surface area contributed by atoms with Crippen molar-refractivity contribution in [3.63, 3.8) is 0 Å². The molecule has 0 aromatic heterocycles. The second-order valence-electron chi connectivity index (χ2n) is 5.55. The molecule has 11 nitrogen and oxygen atoms in total.